The molecule has 2 heterocycles. The van der Waals surface area contributed by atoms with Crippen molar-refractivity contribution in [2.75, 3.05) is 18.6 Å². The van der Waals surface area contributed by atoms with E-state index < -0.39 is 27.2 Å². The van der Waals surface area contributed by atoms with Crippen molar-refractivity contribution in [1.29, 1.82) is 0 Å². The van der Waals surface area contributed by atoms with Crippen LogP contribution in [0.25, 0.3) is 10.9 Å². The summed E-state index contributed by atoms with van der Waals surface area (Å²) in [5.74, 6) is 0.0142. The Balaban J connectivity index is 1.89. The van der Waals surface area contributed by atoms with E-state index in [9.17, 15) is 18.0 Å². The van der Waals surface area contributed by atoms with Gasteiger partial charge in [0.15, 0.2) is 9.84 Å². The zero-order valence-electron chi connectivity index (χ0n) is 12.5. The molecule has 7 nitrogen and oxygen atoms in total. The first-order valence-electron chi connectivity index (χ1n) is 7.10. The molecule has 122 valence electrons. The second-order valence-corrected chi connectivity index (χ2v) is 7.75. The number of aromatic amines is 1. The third kappa shape index (κ3) is 3.07. The molecule has 0 saturated carbocycles. The van der Waals surface area contributed by atoms with E-state index in [1.54, 1.807) is 18.2 Å². The second-order valence-electron chi connectivity index (χ2n) is 5.52. The maximum Gasteiger partial charge on any atom is 0.257 e. The fraction of sp³-hybridized carbons (Fsp3) is 0.333. The lowest BCUT2D eigenvalue weighted by atomic mass is 10.1. The normalized spacial score (nSPS) is 19.6. The number of rotatable bonds is 3. The molecule has 1 aromatic carbocycles. The minimum atomic E-state index is -3.09. The molecule has 0 aliphatic carbocycles. The number of fused-ring (bicyclic) bond motifs is 1. The molecule has 8 heteroatoms. The first-order valence-corrected chi connectivity index (χ1v) is 8.92. The fourth-order valence-electron chi connectivity index (χ4n) is 2.67. The average Bonchev–Trinajstić information content (AvgIpc) is 2.85. The maximum atomic E-state index is 12.4. The molecule has 0 unspecified atom stereocenters. The molecular weight excluding hydrogens is 320 g/mol. The molecule has 1 saturated heterocycles. The summed E-state index contributed by atoms with van der Waals surface area (Å²) >= 11 is 0. The number of carbonyl (C=O) groups excluding carboxylic acids is 1. The number of methoxy groups -OCH3 is 1. The Morgan fingerprint density at radius 3 is 2.83 bits per heavy atom. The average molecular weight is 336 g/mol. The smallest absolute Gasteiger partial charge is 0.257 e. The highest BCUT2D eigenvalue weighted by atomic mass is 32.2. The van der Waals surface area contributed by atoms with E-state index in [0.29, 0.717) is 23.1 Å². The number of amides is 1. The van der Waals surface area contributed by atoms with Crippen LogP contribution in [0.1, 0.15) is 16.8 Å². The van der Waals surface area contributed by atoms with Gasteiger partial charge in [-0.05, 0) is 18.6 Å². The van der Waals surface area contributed by atoms with Crippen molar-refractivity contribution in [2.45, 2.75) is 12.5 Å². The number of sulfone groups is 1. The lowest BCUT2D eigenvalue weighted by molar-refractivity contribution is 0.0940. The first kappa shape index (κ1) is 15.5. The number of ether oxygens (including phenoxy) is 1. The number of aromatic nitrogens is 1. The zero-order chi connectivity index (χ0) is 16.6. The highest BCUT2D eigenvalue weighted by Crippen LogP contribution is 2.17. The molecule has 0 spiro atoms. The molecule has 1 aromatic heterocycles. The monoisotopic (exact) mass is 336 g/mol. The zero-order valence-corrected chi connectivity index (χ0v) is 13.3. The molecule has 1 fully saturated rings. The van der Waals surface area contributed by atoms with Gasteiger partial charge in [-0.3, -0.25) is 9.59 Å². The van der Waals surface area contributed by atoms with Crippen molar-refractivity contribution >= 4 is 26.6 Å². The molecular formula is C15H16N2O5S. The predicted molar refractivity (Wildman–Crippen MR) is 85.6 cm³/mol. The summed E-state index contributed by atoms with van der Waals surface area (Å²) in [6.45, 7) is 0. The van der Waals surface area contributed by atoms with Crippen molar-refractivity contribution < 1.29 is 17.9 Å². The number of hydrogen-bond donors (Lipinski definition) is 2. The first-order chi connectivity index (χ1) is 10.9. The van der Waals surface area contributed by atoms with Crippen LogP contribution in [0.2, 0.25) is 0 Å². The number of nitrogens with one attached hydrogen (secondary N) is 2. The highest BCUT2D eigenvalue weighted by molar-refractivity contribution is 7.91. The van der Waals surface area contributed by atoms with E-state index in [1.165, 1.54) is 13.3 Å². The molecule has 2 N–H and O–H groups in total. The van der Waals surface area contributed by atoms with E-state index in [2.05, 4.69) is 10.3 Å². The Morgan fingerprint density at radius 2 is 2.17 bits per heavy atom. The summed E-state index contributed by atoms with van der Waals surface area (Å²) in [5, 5.41) is 2.99. The number of H-pyrrole nitrogens is 1. The summed E-state index contributed by atoms with van der Waals surface area (Å²) in [7, 11) is -1.57. The van der Waals surface area contributed by atoms with Gasteiger partial charge in [0, 0.05) is 23.7 Å². The van der Waals surface area contributed by atoms with Crippen molar-refractivity contribution in [3.8, 4) is 5.75 Å². The summed E-state index contributed by atoms with van der Waals surface area (Å²) in [6.07, 6.45) is 1.71. The van der Waals surface area contributed by atoms with Crippen LogP contribution in [-0.2, 0) is 9.84 Å². The van der Waals surface area contributed by atoms with Crippen LogP contribution in [0, 0.1) is 0 Å². The van der Waals surface area contributed by atoms with Gasteiger partial charge in [-0.25, -0.2) is 8.42 Å². The number of benzene rings is 1. The Bertz CT molecular complexity index is 933. The Hall–Kier alpha value is -2.35. The lowest BCUT2D eigenvalue weighted by Crippen LogP contribution is -2.38. The van der Waals surface area contributed by atoms with Crippen LogP contribution in [0.4, 0.5) is 0 Å². The van der Waals surface area contributed by atoms with Gasteiger partial charge in [0.1, 0.15) is 11.3 Å². The molecule has 1 amide bonds. The minimum Gasteiger partial charge on any atom is -0.497 e. The molecule has 3 rings (SSSR count). The second kappa shape index (κ2) is 5.69. The van der Waals surface area contributed by atoms with Crippen molar-refractivity contribution in [2.24, 2.45) is 0 Å². The summed E-state index contributed by atoms with van der Waals surface area (Å²) in [5.41, 5.74) is 0.126. The molecule has 23 heavy (non-hydrogen) atoms. The number of pyridine rings is 1. The standard InChI is InChI=1S/C15H16N2O5S/c1-22-10-2-3-11-13(6-10)16-7-12(14(11)18)15(19)17-9-4-5-23(20,21)8-9/h2-3,6-7,9H,4-5,8H2,1H3,(H,16,18)(H,17,19)/t9-/m1/s1. The third-order valence-corrected chi connectivity index (χ3v) is 5.67. The molecule has 2 aromatic rings. The van der Waals surface area contributed by atoms with Gasteiger partial charge in [0.2, 0.25) is 5.43 Å². The van der Waals surface area contributed by atoms with Crippen LogP contribution in [0.3, 0.4) is 0 Å². The van der Waals surface area contributed by atoms with Gasteiger partial charge < -0.3 is 15.0 Å². The van der Waals surface area contributed by atoms with E-state index >= 15 is 0 Å². The van der Waals surface area contributed by atoms with Gasteiger partial charge in [0.05, 0.1) is 24.1 Å². The van der Waals surface area contributed by atoms with Gasteiger partial charge in [0.25, 0.3) is 5.91 Å². The van der Waals surface area contributed by atoms with Gasteiger partial charge in [-0.1, -0.05) is 0 Å². The molecule has 1 aliphatic rings. The molecule has 1 aliphatic heterocycles. The SMILES string of the molecule is COc1ccc2c(=O)c(C(=O)N[C@@H]3CCS(=O)(=O)C3)c[nH]c2c1. The van der Waals surface area contributed by atoms with Gasteiger partial charge in [-0.2, -0.15) is 0 Å². The van der Waals surface area contributed by atoms with Crippen LogP contribution in [0.15, 0.2) is 29.2 Å². The van der Waals surface area contributed by atoms with Gasteiger partial charge >= 0.3 is 0 Å². The van der Waals surface area contributed by atoms with Crippen molar-refractivity contribution in [3.05, 3.63) is 40.2 Å². The summed E-state index contributed by atoms with van der Waals surface area (Å²) < 4.78 is 27.9. The van der Waals surface area contributed by atoms with Gasteiger partial charge in [-0.15, -0.1) is 0 Å². The van der Waals surface area contributed by atoms with E-state index in [4.69, 9.17) is 4.74 Å². The summed E-state index contributed by atoms with van der Waals surface area (Å²) in [6, 6.07) is 4.45. The Kier molecular flexibility index (Phi) is 3.85. The maximum absolute atomic E-state index is 12.4. The fourth-order valence-corrected chi connectivity index (χ4v) is 4.34. The van der Waals surface area contributed by atoms with Crippen LogP contribution in [-0.4, -0.2) is 44.0 Å². The van der Waals surface area contributed by atoms with Crippen LogP contribution >= 0.6 is 0 Å². The quantitative estimate of drug-likeness (QED) is 0.847. The van der Waals surface area contributed by atoms with Crippen molar-refractivity contribution in [1.82, 2.24) is 10.3 Å². The minimum absolute atomic E-state index is 0.0352. The van der Waals surface area contributed by atoms with E-state index in [0.717, 1.165) is 0 Å². The predicted octanol–water partition coefficient (Wildman–Crippen LogP) is 0.454. The third-order valence-electron chi connectivity index (χ3n) is 3.90. The lowest BCUT2D eigenvalue weighted by Gasteiger charge is -2.11. The molecule has 1 atom stereocenters. The summed E-state index contributed by atoms with van der Waals surface area (Å²) in [4.78, 5) is 27.6. The highest BCUT2D eigenvalue weighted by Gasteiger charge is 2.29. The Labute approximate surface area is 132 Å². The molecule has 0 radical (unpaired) electrons. The Morgan fingerprint density at radius 1 is 1.39 bits per heavy atom. The number of hydrogen-bond acceptors (Lipinski definition) is 5. The van der Waals surface area contributed by atoms with Crippen LogP contribution < -0.4 is 15.5 Å². The molecule has 0 bridgehead atoms. The topological polar surface area (TPSA) is 105 Å². The van der Waals surface area contributed by atoms with Crippen molar-refractivity contribution in [3.63, 3.8) is 0 Å². The van der Waals surface area contributed by atoms with E-state index in [1.807, 2.05) is 0 Å². The van der Waals surface area contributed by atoms with Crippen LogP contribution in [0.5, 0.6) is 5.75 Å². The van der Waals surface area contributed by atoms with E-state index in [-0.39, 0.29) is 17.1 Å². The number of carbonyl (C=O) groups is 1. The largest absolute Gasteiger partial charge is 0.497 e.